The SMILES string of the molecule is CCOC(=O)c1[nH]c2ccc(OCc3ccccc3)c(-c3ccc(OC(C)C)cc3)c2c1N(C)C(=O)C(C)(C)C. The number of nitrogens with one attached hydrogen (secondary N) is 1. The first-order chi connectivity index (χ1) is 19.0. The highest BCUT2D eigenvalue weighted by Gasteiger charge is 2.33. The molecule has 4 aromatic rings. The number of hydrogen-bond donors (Lipinski definition) is 1. The lowest BCUT2D eigenvalue weighted by Crippen LogP contribution is -2.37. The molecule has 40 heavy (non-hydrogen) atoms. The second-order valence-electron chi connectivity index (χ2n) is 11.0. The van der Waals surface area contributed by atoms with Crippen LogP contribution in [0, 0.1) is 5.41 Å². The Hall–Kier alpha value is -4.26. The third kappa shape index (κ3) is 6.14. The van der Waals surface area contributed by atoms with Crippen LogP contribution in [0.2, 0.25) is 0 Å². The lowest BCUT2D eigenvalue weighted by molar-refractivity contribution is -0.125. The summed E-state index contributed by atoms with van der Waals surface area (Å²) in [4.78, 5) is 31.5. The van der Waals surface area contributed by atoms with Crippen molar-refractivity contribution in [3.8, 4) is 22.6 Å². The molecule has 0 aliphatic rings. The van der Waals surface area contributed by atoms with Crippen LogP contribution in [-0.2, 0) is 16.1 Å². The van der Waals surface area contributed by atoms with Gasteiger partial charge in [-0.3, -0.25) is 4.79 Å². The van der Waals surface area contributed by atoms with Crippen LogP contribution in [0.15, 0.2) is 66.7 Å². The van der Waals surface area contributed by atoms with E-state index in [0.29, 0.717) is 28.9 Å². The zero-order chi connectivity index (χ0) is 29.0. The summed E-state index contributed by atoms with van der Waals surface area (Å²) < 4.78 is 17.7. The second-order valence-corrected chi connectivity index (χ2v) is 11.0. The largest absolute Gasteiger partial charge is 0.491 e. The van der Waals surface area contributed by atoms with Crippen LogP contribution in [-0.4, -0.2) is 36.6 Å². The van der Waals surface area contributed by atoms with Gasteiger partial charge in [0.1, 0.15) is 23.8 Å². The van der Waals surface area contributed by atoms with Crippen molar-refractivity contribution in [2.24, 2.45) is 5.41 Å². The van der Waals surface area contributed by atoms with Crippen LogP contribution < -0.4 is 14.4 Å². The van der Waals surface area contributed by atoms with Gasteiger partial charge in [-0.2, -0.15) is 0 Å². The fourth-order valence-electron chi connectivity index (χ4n) is 4.66. The molecule has 0 saturated carbocycles. The minimum Gasteiger partial charge on any atom is -0.491 e. The van der Waals surface area contributed by atoms with Gasteiger partial charge < -0.3 is 24.1 Å². The number of amides is 1. The van der Waals surface area contributed by atoms with Crippen molar-refractivity contribution in [3.05, 3.63) is 78.0 Å². The number of H-pyrrole nitrogens is 1. The van der Waals surface area contributed by atoms with Gasteiger partial charge in [0.15, 0.2) is 0 Å². The predicted octanol–water partition coefficient (Wildman–Crippen LogP) is 7.39. The number of aromatic nitrogens is 1. The fourth-order valence-corrected chi connectivity index (χ4v) is 4.66. The molecule has 0 saturated heterocycles. The Morgan fingerprint density at radius 3 is 2.23 bits per heavy atom. The summed E-state index contributed by atoms with van der Waals surface area (Å²) >= 11 is 0. The Bertz CT molecular complexity index is 1480. The van der Waals surface area contributed by atoms with Gasteiger partial charge in [0.2, 0.25) is 5.91 Å². The third-order valence-electron chi connectivity index (χ3n) is 6.41. The fraction of sp³-hybridized carbons (Fsp3) is 0.333. The normalized spacial score (nSPS) is 11.5. The quantitative estimate of drug-likeness (QED) is 0.223. The van der Waals surface area contributed by atoms with Gasteiger partial charge in [0.25, 0.3) is 0 Å². The summed E-state index contributed by atoms with van der Waals surface area (Å²) in [7, 11) is 1.69. The number of rotatable bonds is 9. The molecule has 0 atom stereocenters. The molecule has 7 heteroatoms. The third-order valence-corrected chi connectivity index (χ3v) is 6.41. The van der Waals surface area contributed by atoms with Gasteiger partial charge in [-0.15, -0.1) is 0 Å². The molecule has 0 radical (unpaired) electrons. The van der Waals surface area contributed by atoms with Crippen LogP contribution in [0.1, 0.15) is 57.6 Å². The molecule has 1 aromatic heterocycles. The topological polar surface area (TPSA) is 80.9 Å². The summed E-state index contributed by atoms with van der Waals surface area (Å²) in [6.45, 7) is 11.8. The van der Waals surface area contributed by atoms with Gasteiger partial charge >= 0.3 is 5.97 Å². The van der Waals surface area contributed by atoms with E-state index in [1.54, 1.807) is 18.9 Å². The van der Waals surface area contributed by atoms with Crippen molar-refractivity contribution in [1.29, 1.82) is 0 Å². The van der Waals surface area contributed by atoms with E-state index in [2.05, 4.69) is 4.98 Å². The Kier molecular flexibility index (Phi) is 8.52. The Labute approximate surface area is 236 Å². The Balaban J connectivity index is 1.97. The van der Waals surface area contributed by atoms with Crippen LogP contribution >= 0.6 is 0 Å². The first-order valence-electron chi connectivity index (χ1n) is 13.6. The van der Waals surface area contributed by atoms with E-state index in [1.807, 2.05) is 101 Å². The van der Waals surface area contributed by atoms with E-state index >= 15 is 0 Å². The maximum absolute atomic E-state index is 13.5. The lowest BCUT2D eigenvalue weighted by Gasteiger charge is -2.27. The Morgan fingerprint density at radius 2 is 1.62 bits per heavy atom. The number of ether oxygens (including phenoxy) is 3. The molecule has 0 bridgehead atoms. The first kappa shape index (κ1) is 28.7. The first-order valence-corrected chi connectivity index (χ1v) is 13.6. The van der Waals surface area contributed by atoms with Crippen LogP contribution in [0.25, 0.3) is 22.0 Å². The average Bonchev–Trinajstić information content (AvgIpc) is 3.31. The monoisotopic (exact) mass is 542 g/mol. The molecule has 0 spiro atoms. The van der Waals surface area contributed by atoms with Gasteiger partial charge in [-0.05, 0) is 56.2 Å². The summed E-state index contributed by atoms with van der Waals surface area (Å²) in [6, 6.07) is 21.4. The number of carbonyl (C=O) groups is 2. The number of hydrogen-bond acceptors (Lipinski definition) is 5. The van der Waals surface area contributed by atoms with Crippen molar-refractivity contribution < 1.29 is 23.8 Å². The highest BCUT2D eigenvalue weighted by atomic mass is 16.5. The minimum atomic E-state index is -0.679. The highest BCUT2D eigenvalue weighted by molar-refractivity contribution is 6.17. The zero-order valence-corrected chi connectivity index (χ0v) is 24.3. The summed E-state index contributed by atoms with van der Waals surface area (Å²) in [6.07, 6.45) is 0.0412. The van der Waals surface area contributed by atoms with E-state index in [-0.39, 0.29) is 24.3 Å². The zero-order valence-electron chi connectivity index (χ0n) is 24.3. The Morgan fingerprint density at radius 1 is 0.950 bits per heavy atom. The number of anilines is 1. The van der Waals surface area contributed by atoms with Crippen LogP contribution in [0.5, 0.6) is 11.5 Å². The van der Waals surface area contributed by atoms with Crippen molar-refractivity contribution >= 4 is 28.5 Å². The maximum atomic E-state index is 13.5. The summed E-state index contributed by atoms with van der Waals surface area (Å²) in [5, 5.41) is 0.700. The molecule has 3 aromatic carbocycles. The number of benzene rings is 3. The molecule has 0 unspecified atom stereocenters. The maximum Gasteiger partial charge on any atom is 0.356 e. The molecule has 7 nitrogen and oxygen atoms in total. The van der Waals surface area contributed by atoms with Crippen molar-refractivity contribution in [1.82, 2.24) is 4.98 Å². The van der Waals surface area contributed by atoms with E-state index in [4.69, 9.17) is 14.2 Å². The number of fused-ring (bicyclic) bond motifs is 1. The molecule has 1 amide bonds. The van der Waals surface area contributed by atoms with Crippen molar-refractivity contribution in [3.63, 3.8) is 0 Å². The standard InChI is InChI=1S/C33H38N2O5/c1-8-38-31(36)29-30(35(7)32(37)33(4,5)6)28-25(34-29)18-19-26(39-20-22-12-10-9-11-13-22)27(28)23-14-16-24(17-15-23)40-21(2)3/h9-19,21,34H,8,20H2,1-7H3. The molecule has 1 N–H and O–H groups in total. The van der Waals surface area contributed by atoms with Gasteiger partial charge in [-0.25, -0.2) is 4.79 Å². The van der Waals surface area contributed by atoms with Crippen molar-refractivity contribution in [2.75, 3.05) is 18.6 Å². The lowest BCUT2D eigenvalue weighted by atomic mass is 9.93. The van der Waals surface area contributed by atoms with E-state index in [1.165, 1.54) is 0 Å². The minimum absolute atomic E-state index is 0.0412. The van der Waals surface area contributed by atoms with Gasteiger partial charge in [0.05, 0.1) is 18.4 Å². The molecule has 0 fully saturated rings. The molecule has 4 rings (SSSR count). The molecule has 1 heterocycles. The van der Waals surface area contributed by atoms with E-state index in [9.17, 15) is 9.59 Å². The van der Waals surface area contributed by atoms with Gasteiger partial charge in [-0.1, -0.05) is 63.2 Å². The molecular formula is C33H38N2O5. The van der Waals surface area contributed by atoms with E-state index in [0.717, 1.165) is 22.4 Å². The number of nitrogens with zero attached hydrogens (tertiary/aromatic N) is 1. The van der Waals surface area contributed by atoms with Crippen LogP contribution in [0.3, 0.4) is 0 Å². The molecule has 0 aliphatic carbocycles. The average molecular weight is 543 g/mol. The predicted molar refractivity (Wildman–Crippen MR) is 159 cm³/mol. The summed E-state index contributed by atoms with van der Waals surface area (Å²) in [5.74, 6) is 0.710. The summed E-state index contributed by atoms with van der Waals surface area (Å²) in [5.41, 5.74) is 3.33. The number of esters is 1. The molecular weight excluding hydrogens is 504 g/mol. The number of aromatic amines is 1. The van der Waals surface area contributed by atoms with Crippen molar-refractivity contribution in [2.45, 2.75) is 54.3 Å². The van der Waals surface area contributed by atoms with E-state index < -0.39 is 11.4 Å². The van der Waals surface area contributed by atoms with Gasteiger partial charge in [0, 0.05) is 28.9 Å². The molecule has 210 valence electrons. The number of carbonyl (C=O) groups excluding carboxylic acids is 2. The van der Waals surface area contributed by atoms with Crippen LogP contribution in [0.4, 0.5) is 5.69 Å². The second kappa shape index (κ2) is 11.9. The highest BCUT2D eigenvalue weighted by Crippen LogP contribution is 2.45. The smallest absolute Gasteiger partial charge is 0.356 e. The molecule has 0 aliphatic heterocycles.